The maximum absolute atomic E-state index is 10.7. The topological polar surface area (TPSA) is 26.3 Å². The largest absolute Gasteiger partial charge is 0.466 e. The fourth-order valence-corrected chi connectivity index (χ4v) is 3.97. The molecule has 1 aromatic rings. The Morgan fingerprint density at radius 1 is 0.750 bits per heavy atom. The molecule has 2 nitrogen and oxygen atoms in total. The summed E-state index contributed by atoms with van der Waals surface area (Å²) >= 11 is 0. The van der Waals surface area contributed by atoms with Gasteiger partial charge in [0.05, 0.1) is 6.61 Å². The Morgan fingerprint density at radius 2 is 1.25 bits per heavy atom. The Morgan fingerprint density at radius 3 is 1.79 bits per heavy atom. The molecule has 0 aromatic heterocycles. The molecule has 0 N–H and O–H groups in total. The smallest absolute Gasteiger partial charge is 0.302 e. The Hall–Kier alpha value is -1.31. The molecule has 0 aliphatic rings. The molecule has 28 heavy (non-hydrogen) atoms. The molecule has 2 heteroatoms. The minimum absolute atomic E-state index is 0.156. The SMILES string of the molecule is CCCCCC(CCCCCCCCCCCCOC(C)=O)c1ccccc1. The highest BCUT2D eigenvalue weighted by Gasteiger charge is 2.10. The van der Waals surface area contributed by atoms with E-state index in [1.165, 1.54) is 96.8 Å². The molecule has 0 spiro atoms. The van der Waals surface area contributed by atoms with E-state index >= 15 is 0 Å². The highest BCUT2D eigenvalue weighted by molar-refractivity contribution is 5.65. The van der Waals surface area contributed by atoms with Gasteiger partial charge in [0.1, 0.15) is 0 Å². The number of esters is 1. The Labute approximate surface area is 174 Å². The zero-order valence-corrected chi connectivity index (χ0v) is 18.6. The molecule has 0 amide bonds. The lowest BCUT2D eigenvalue weighted by Crippen LogP contribution is -2.00. The zero-order valence-electron chi connectivity index (χ0n) is 18.6. The second-order valence-electron chi connectivity index (χ2n) is 8.27. The van der Waals surface area contributed by atoms with Gasteiger partial charge in [0, 0.05) is 6.92 Å². The molecule has 0 aliphatic heterocycles. The van der Waals surface area contributed by atoms with Gasteiger partial charge < -0.3 is 4.74 Å². The fourth-order valence-electron chi connectivity index (χ4n) is 3.97. The van der Waals surface area contributed by atoms with Crippen LogP contribution < -0.4 is 0 Å². The number of benzene rings is 1. The van der Waals surface area contributed by atoms with Gasteiger partial charge in [0.15, 0.2) is 0 Å². The lowest BCUT2D eigenvalue weighted by atomic mass is 9.88. The van der Waals surface area contributed by atoms with Gasteiger partial charge in [-0.3, -0.25) is 4.79 Å². The molecule has 1 rings (SSSR count). The summed E-state index contributed by atoms with van der Waals surface area (Å²) in [5.41, 5.74) is 1.55. The van der Waals surface area contributed by atoms with Crippen molar-refractivity contribution in [1.29, 1.82) is 0 Å². The molecule has 0 fully saturated rings. The van der Waals surface area contributed by atoms with E-state index in [1.807, 2.05) is 0 Å². The summed E-state index contributed by atoms with van der Waals surface area (Å²) in [5, 5.41) is 0. The summed E-state index contributed by atoms with van der Waals surface area (Å²) in [6.07, 6.45) is 19.9. The van der Waals surface area contributed by atoms with Crippen LogP contribution in [0, 0.1) is 0 Å². The van der Waals surface area contributed by atoms with Crippen molar-refractivity contribution in [3.63, 3.8) is 0 Å². The van der Waals surface area contributed by atoms with E-state index in [4.69, 9.17) is 4.74 Å². The molecule has 0 bridgehead atoms. The number of carbonyl (C=O) groups excluding carboxylic acids is 1. The van der Waals surface area contributed by atoms with E-state index in [0.717, 1.165) is 12.3 Å². The van der Waals surface area contributed by atoms with Crippen LogP contribution in [0.4, 0.5) is 0 Å². The average Bonchev–Trinajstić information content (AvgIpc) is 2.70. The third-order valence-electron chi connectivity index (χ3n) is 5.68. The first-order chi connectivity index (χ1) is 13.7. The van der Waals surface area contributed by atoms with Gasteiger partial charge in [-0.1, -0.05) is 114 Å². The standard InChI is InChI=1S/C26H44O2/c1-3-4-14-19-25(26-21-16-13-17-22-26)20-15-11-9-7-5-6-8-10-12-18-23-28-24(2)27/h13,16-17,21-22,25H,3-12,14-15,18-20,23H2,1-2H3. The number of carbonyl (C=O) groups is 1. The Balaban J connectivity index is 2.00. The van der Waals surface area contributed by atoms with E-state index in [0.29, 0.717) is 6.61 Å². The summed E-state index contributed by atoms with van der Waals surface area (Å²) < 4.78 is 4.96. The molecular weight excluding hydrogens is 344 g/mol. The molecule has 160 valence electrons. The highest BCUT2D eigenvalue weighted by atomic mass is 16.5. The lowest BCUT2D eigenvalue weighted by molar-refractivity contribution is -0.141. The molecule has 0 heterocycles. The van der Waals surface area contributed by atoms with Crippen molar-refractivity contribution < 1.29 is 9.53 Å². The van der Waals surface area contributed by atoms with Crippen LogP contribution in [0.3, 0.4) is 0 Å². The first-order valence-corrected chi connectivity index (χ1v) is 11.9. The number of hydrogen-bond acceptors (Lipinski definition) is 2. The van der Waals surface area contributed by atoms with E-state index < -0.39 is 0 Å². The lowest BCUT2D eigenvalue weighted by Gasteiger charge is -2.17. The molecule has 0 saturated carbocycles. The average molecular weight is 389 g/mol. The van der Waals surface area contributed by atoms with Crippen LogP contribution in [0.2, 0.25) is 0 Å². The van der Waals surface area contributed by atoms with Crippen LogP contribution in [-0.4, -0.2) is 12.6 Å². The molecule has 0 saturated heterocycles. The molecule has 1 aromatic carbocycles. The maximum Gasteiger partial charge on any atom is 0.302 e. The van der Waals surface area contributed by atoms with E-state index in [2.05, 4.69) is 37.3 Å². The van der Waals surface area contributed by atoms with Crippen molar-refractivity contribution in [1.82, 2.24) is 0 Å². The van der Waals surface area contributed by atoms with Crippen molar-refractivity contribution in [3.05, 3.63) is 35.9 Å². The quantitative estimate of drug-likeness (QED) is 0.187. The third kappa shape index (κ3) is 13.8. The predicted octanol–water partition coefficient (Wildman–Crippen LogP) is 8.20. The van der Waals surface area contributed by atoms with Crippen molar-refractivity contribution in [2.45, 2.75) is 116 Å². The number of hydrogen-bond donors (Lipinski definition) is 0. The van der Waals surface area contributed by atoms with Gasteiger partial charge in [0.2, 0.25) is 0 Å². The molecule has 0 aliphatic carbocycles. The summed E-state index contributed by atoms with van der Waals surface area (Å²) in [6.45, 7) is 4.37. The summed E-state index contributed by atoms with van der Waals surface area (Å²) in [5.74, 6) is 0.607. The third-order valence-corrected chi connectivity index (χ3v) is 5.68. The summed E-state index contributed by atoms with van der Waals surface area (Å²) in [7, 11) is 0. The fraction of sp³-hybridized carbons (Fsp3) is 0.731. The van der Waals surface area contributed by atoms with Crippen LogP contribution >= 0.6 is 0 Å². The molecule has 1 unspecified atom stereocenters. The van der Waals surface area contributed by atoms with Crippen LogP contribution in [0.25, 0.3) is 0 Å². The Bertz CT molecular complexity index is 469. The minimum atomic E-state index is -0.156. The Kier molecular flexibility index (Phi) is 15.7. The molecular formula is C26H44O2. The maximum atomic E-state index is 10.7. The zero-order chi connectivity index (χ0) is 20.3. The summed E-state index contributed by atoms with van der Waals surface area (Å²) in [6, 6.07) is 11.2. The number of unbranched alkanes of at least 4 members (excludes halogenated alkanes) is 11. The molecule has 0 radical (unpaired) electrons. The van der Waals surface area contributed by atoms with Crippen LogP contribution in [0.15, 0.2) is 30.3 Å². The highest BCUT2D eigenvalue weighted by Crippen LogP contribution is 2.28. The van der Waals surface area contributed by atoms with Gasteiger partial charge in [-0.25, -0.2) is 0 Å². The van der Waals surface area contributed by atoms with Crippen molar-refractivity contribution >= 4 is 5.97 Å². The van der Waals surface area contributed by atoms with Crippen molar-refractivity contribution in [2.75, 3.05) is 6.61 Å². The van der Waals surface area contributed by atoms with Gasteiger partial charge in [0.25, 0.3) is 0 Å². The van der Waals surface area contributed by atoms with Gasteiger partial charge in [-0.15, -0.1) is 0 Å². The van der Waals surface area contributed by atoms with Gasteiger partial charge in [-0.2, -0.15) is 0 Å². The first kappa shape index (κ1) is 24.7. The predicted molar refractivity (Wildman–Crippen MR) is 121 cm³/mol. The first-order valence-electron chi connectivity index (χ1n) is 11.9. The number of rotatable bonds is 18. The van der Waals surface area contributed by atoms with E-state index in [9.17, 15) is 4.79 Å². The van der Waals surface area contributed by atoms with Gasteiger partial charge in [-0.05, 0) is 30.7 Å². The summed E-state index contributed by atoms with van der Waals surface area (Å²) in [4.78, 5) is 10.7. The van der Waals surface area contributed by atoms with Crippen LogP contribution in [-0.2, 0) is 9.53 Å². The molecule has 1 atom stereocenters. The monoisotopic (exact) mass is 388 g/mol. The minimum Gasteiger partial charge on any atom is -0.466 e. The normalized spacial score (nSPS) is 12.1. The van der Waals surface area contributed by atoms with Crippen LogP contribution in [0.1, 0.15) is 122 Å². The van der Waals surface area contributed by atoms with Crippen molar-refractivity contribution in [2.24, 2.45) is 0 Å². The van der Waals surface area contributed by atoms with Crippen molar-refractivity contribution in [3.8, 4) is 0 Å². The number of ether oxygens (including phenoxy) is 1. The van der Waals surface area contributed by atoms with E-state index in [1.54, 1.807) is 5.56 Å². The second kappa shape index (κ2) is 17.8. The second-order valence-corrected chi connectivity index (χ2v) is 8.27. The van der Waals surface area contributed by atoms with E-state index in [-0.39, 0.29) is 5.97 Å². The van der Waals surface area contributed by atoms with Crippen LogP contribution in [0.5, 0.6) is 0 Å². The van der Waals surface area contributed by atoms with Gasteiger partial charge >= 0.3 is 5.97 Å².